The predicted molar refractivity (Wildman–Crippen MR) is 100 cm³/mol. The fraction of sp³-hybridized carbons (Fsp3) is 0.143. The van der Waals surface area contributed by atoms with Gasteiger partial charge in [-0.3, -0.25) is 0 Å². The Hall–Kier alpha value is -2.74. The maximum absolute atomic E-state index is 3.54. The van der Waals surface area contributed by atoms with Crippen LogP contribution in [0.3, 0.4) is 0 Å². The van der Waals surface area contributed by atoms with Gasteiger partial charge in [0.25, 0.3) is 0 Å². The van der Waals surface area contributed by atoms with E-state index in [4.69, 9.17) is 0 Å². The minimum atomic E-state index is 1.10. The maximum Gasteiger partial charge on any atom is 0.0434 e. The maximum atomic E-state index is 3.54. The molecule has 0 unspecified atom stereocenters. The number of benzene rings is 3. The van der Waals surface area contributed by atoms with Gasteiger partial charge in [0.05, 0.1) is 0 Å². The van der Waals surface area contributed by atoms with Crippen molar-refractivity contribution in [2.45, 2.75) is 20.8 Å². The summed E-state index contributed by atoms with van der Waals surface area (Å²) in [6.45, 7) is 6.35. The van der Waals surface area contributed by atoms with Crippen molar-refractivity contribution in [3.63, 3.8) is 0 Å². The second-order valence-electron chi connectivity index (χ2n) is 5.91. The average molecular weight is 302 g/mol. The van der Waals surface area contributed by atoms with E-state index < -0.39 is 0 Å². The highest BCUT2D eigenvalue weighted by Gasteiger charge is 2.06. The molecule has 3 aromatic carbocycles. The van der Waals surface area contributed by atoms with E-state index in [1.807, 2.05) is 0 Å². The van der Waals surface area contributed by atoms with Gasteiger partial charge in [0.2, 0.25) is 0 Å². The number of hydrogen-bond donors (Lipinski definition) is 2. The van der Waals surface area contributed by atoms with E-state index in [9.17, 15) is 0 Å². The minimum absolute atomic E-state index is 1.10. The lowest BCUT2D eigenvalue weighted by molar-refractivity contribution is 1.38. The largest absolute Gasteiger partial charge is 0.355 e. The van der Waals surface area contributed by atoms with Crippen LogP contribution in [0.5, 0.6) is 0 Å². The fourth-order valence-corrected chi connectivity index (χ4v) is 2.56. The van der Waals surface area contributed by atoms with E-state index in [0.717, 1.165) is 22.7 Å². The van der Waals surface area contributed by atoms with E-state index in [0.29, 0.717) is 0 Å². The van der Waals surface area contributed by atoms with Gasteiger partial charge in [-0.05, 0) is 62.2 Å². The minimum Gasteiger partial charge on any atom is -0.355 e. The van der Waals surface area contributed by atoms with Crippen LogP contribution in [0.1, 0.15) is 16.7 Å². The standard InChI is InChI=1S/C21H22N2/c1-15-11-13-18(14-12-15)22-20-9-6-10-21(17(20)3)23-19-8-5-4-7-16(19)2/h4-14,22-23H,1-3H3. The molecule has 0 aliphatic rings. The zero-order valence-electron chi connectivity index (χ0n) is 13.9. The number of aryl methyl sites for hydroxylation is 2. The fourth-order valence-electron chi connectivity index (χ4n) is 2.56. The molecule has 0 radical (unpaired) electrons. The number of nitrogens with one attached hydrogen (secondary N) is 2. The van der Waals surface area contributed by atoms with Crippen LogP contribution in [0.2, 0.25) is 0 Å². The molecular weight excluding hydrogens is 280 g/mol. The number of anilines is 4. The van der Waals surface area contributed by atoms with E-state index in [2.05, 4.69) is 98.1 Å². The van der Waals surface area contributed by atoms with Crippen molar-refractivity contribution in [2.75, 3.05) is 10.6 Å². The smallest absolute Gasteiger partial charge is 0.0434 e. The molecule has 0 saturated heterocycles. The molecule has 0 aliphatic carbocycles. The molecule has 0 spiro atoms. The third-order valence-corrected chi connectivity index (χ3v) is 4.08. The monoisotopic (exact) mass is 302 g/mol. The van der Waals surface area contributed by atoms with Crippen molar-refractivity contribution in [3.8, 4) is 0 Å². The zero-order valence-corrected chi connectivity index (χ0v) is 13.9. The number of hydrogen-bond acceptors (Lipinski definition) is 2. The molecule has 3 aromatic rings. The van der Waals surface area contributed by atoms with Crippen molar-refractivity contribution in [1.29, 1.82) is 0 Å². The third-order valence-electron chi connectivity index (χ3n) is 4.08. The van der Waals surface area contributed by atoms with E-state index >= 15 is 0 Å². The lowest BCUT2D eigenvalue weighted by atomic mass is 10.1. The van der Waals surface area contributed by atoms with Crippen molar-refractivity contribution < 1.29 is 0 Å². The molecule has 0 fully saturated rings. The van der Waals surface area contributed by atoms with Crippen LogP contribution in [-0.2, 0) is 0 Å². The van der Waals surface area contributed by atoms with Gasteiger partial charge in [-0.25, -0.2) is 0 Å². The van der Waals surface area contributed by atoms with Crippen molar-refractivity contribution in [2.24, 2.45) is 0 Å². The van der Waals surface area contributed by atoms with Gasteiger partial charge < -0.3 is 10.6 Å². The number of rotatable bonds is 4. The second kappa shape index (κ2) is 6.57. The quantitative estimate of drug-likeness (QED) is 0.608. The molecule has 0 amide bonds. The topological polar surface area (TPSA) is 24.1 Å². The summed E-state index contributed by atoms with van der Waals surface area (Å²) in [5.74, 6) is 0. The molecule has 3 rings (SSSR count). The summed E-state index contributed by atoms with van der Waals surface area (Å²) in [5.41, 5.74) is 8.20. The molecule has 2 nitrogen and oxygen atoms in total. The van der Waals surface area contributed by atoms with Crippen molar-refractivity contribution >= 4 is 22.7 Å². The molecule has 23 heavy (non-hydrogen) atoms. The van der Waals surface area contributed by atoms with Gasteiger partial charge in [0.1, 0.15) is 0 Å². The van der Waals surface area contributed by atoms with Gasteiger partial charge in [0.15, 0.2) is 0 Å². The first kappa shape index (κ1) is 15.2. The van der Waals surface area contributed by atoms with Gasteiger partial charge in [-0.1, -0.05) is 42.0 Å². The summed E-state index contributed by atoms with van der Waals surface area (Å²) in [4.78, 5) is 0. The molecule has 2 heteroatoms. The molecule has 0 aliphatic heterocycles. The van der Waals surface area contributed by atoms with E-state index in [-0.39, 0.29) is 0 Å². The SMILES string of the molecule is Cc1ccc(Nc2cccc(Nc3ccccc3C)c2C)cc1. The lowest BCUT2D eigenvalue weighted by Gasteiger charge is -2.16. The Bertz CT molecular complexity index is 804. The highest BCUT2D eigenvalue weighted by Crippen LogP contribution is 2.29. The first-order valence-electron chi connectivity index (χ1n) is 7.89. The van der Waals surface area contributed by atoms with Gasteiger partial charge >= 0.3 is 0 Å². The van der Waals surface area contributed by atoms with Crippen LogP contribution >= 0.6 is 0 Å². The molecule has 0 saturated carbocycles. The molecule has 0 heterocycles. The molecule has 116 valence electrons. The highest BCUT2D eigenvalue weighted by atomic mass is 14.9. The third kappa shape index (κ3) is 3.54. The second-order valence-corrected chi connectivity index (χ2v) is 5.91. The Morgan fingerprint density at radius 2 is 1.17 bits per heavy atom. The molecule has 2 N–H and O–H groups in total. The lowest BCUT2D eigenvalue weighted by Crippen LogP contribution is -1.99. The molecular formula is C21H22N2. The van der Waals surface area contributed by atoms with Crippen LogP contribution < -0.4 is 10.6 Å². The summed E-state index contributed by atoms with van der Waals surface area (Å²) in [7, 11) is 0. The summed E-state index contributed by atoms with van der Waals surface area (Å²) in [6.07, 6.45) is 0. The van der Waals surface area contributed by atoms with Crippen LogP contribution in [0.25, 0.3) is 0 Å². The van der Waals surface area contributed by atoms with Crippen LogP contribution in [-0.4, -0.2) is 0 Å². The average Bonchev–Trinajstić information content (AvgIpc) is 2.55. The van der Waals surface area contributed by atoms with E-state index in [1.54, 1.807) is 0 Å². The van der Waals surface area contributed by atoms with Gasteiger partial charge in [-0.2, -0.15) is 0 Å². The summed E-state index contributed by atoms with van der Waals surface area (Å²) >= 11 is 0. The normalized spacial score (nSPS) is 10.4. The van der Waals surface area contributed by atoms with Crippen LogP contribution in [0, 0.1) is 20.8 Å². The first-order valence-corrected chi connectivity index (χ1v) is 7.89. The Labute approximate surface area is 138 Å². The molecule has 0 bridgehead atoms. The van der Waals surface area contributed by atoms with E-state index in [1.165, 1.54) is 16.7 Å². The summed E-state index contributed by atoms with van der Waals surface area (Å²) in [5, 5.41) is 7.04. The van der Waals surface area contributed by atoms with Crippen molar-refractivity contribution in [1.82, 2.24) is 0 Å². The Kier molecular flexibility index (Phi) is 4.33. The molecule has 0 atom stereocenters. The Balaban J connectivity index is 1.86. The summed E-state index contributed by atoms with van der Waals surface area (Å²) < 4.78 is 0. The van der Waals surface area contributed by atoms with Crippen molar-refractivity contribution in [3.05, 3.63) is 83.4 Å². The van der Waals surface area contributed by atoms with Crippen LogP contribution in [0.15, 0.2) is 66.7 Å². The first-order chi connectivity index (χ1) is 11.1. The van der Waals surface area contributed by atoms with Gasteiger partial charge in [0, 0.05) is 22.7 Å². The van der Waals surface area contributed by atoms with Gasteiger partial charge in [-0.15, -0.1) is 0 Å². The number of para-hydroxylation sites is 1. The zero-order chi connectivity index (χ0) is 16.2. The highest BCUT2D eigenvalue weighted by molar-refractivity contribution is 5.74. The summed E-state index contributed by atoms with van der Waals surface area (Å²) in [6, 6.07) is 23.1. The van der Waals surface area contributed by atoms with Crippen LogP contribution in [0.4, 0.5) is 22.7 Å². The predicted octanol–water partition coefficient (Wildman–Crippen LogP) is 6.10. The Morgan fingerprint density at radius 1 is 0.565 bits per heavy atom. The molecule has 0 aromatic heterocycles. The Morgan fingerprint density at radius 3 is 1.87 bits per heavy atom.